The van der Waals surface area contributed by atoms with Gasteiger partial charge in [0.25, 0.3) is 0 Å². The number of benzene rings is 1. The normalized spacial score (nSPS) is 10.2. The summed E-state index contributed by atoms with van der Waals surface area (Å²) in [7, 11) is 0. The molecular formula is C14H14FN3S. The molecule has 1 heterocycles. The molecule has 0 saturated heterocycles. The number of thiocarbonyl (C=S) groups is 1. The second kappa shape index (κ2) is 6.24. The van der Waals surface area contributed by atoms with Crippen molar-refractivity contribution in [1.29, 1.82) is 0 Å². The van der Waals surface area contributed by atoms with Gasteiger partial charge in [-0.25, -0.2) is 9.37 Å². The maximum Gasteiger partial charge on any atom is 0.126 e. The van der Waals surface area contributed by atoms with Crippen LogP contribution in [0.5, 0.6) is 0 Å². The molecule has 0 spiro atoms. The number of aromatic nitrogens is 1. The fraction of sp³-hybridized carbons (Fsp3) is 0.143. The summed E-state index contributed by atoms with van der Waals surface area (Å²) in [4.78, 5) is 4.53. The van der Waals surface area contributed by atoms with Crippen molar-refractivity contribution in [2.45, 2.75) is 6.42 Å². The van der Waals surface area contributed by atoms with E-state index in [0.717, 1.165) is 23.4 Å². The van der Waals surface area contributed by atoms with Crippen molar-refractivity contribution in [2.24, 2.45) is 5.73 Å². The van der Waals surface area contributed by atoms with E-state index in [1.165, 1.54) is 12.1 Å². The highest BCUT2D eigenvalue weighted by Crippen LogP contribution is 2.08. The van der Waals surface area contributed by atoms with Crippen LogP contribution in [-0.2, 0) is 6.42 Å². The molecule has 0 bridgehead atoms. The Hall–Kier alpha value is -2.01. The van der Waals surface area contributed by atoms with Gasteiger partial charge in [0.2, 0.25) is 0 Å². The standard InChI is InChI=1S/C14H14FN3S/c15-12-3-1-10(2-4-12)5-7-17-13-9-11(14(16)19)6-8-18-13/h1-4,6,8-9H,5,7H2,(H2,16,19)(H,17,18). The third-order valence-corrected chi connectivity index (χ3v) is 2.91. The summed E-state index contributed by atoms with van der Waals surface area (Å²) in [6.07, 6.45) is 2.45. The van der Waals surface area contributed by atoms with Gasteiger partial charge in [0.15, 0.2) is 0 Å². The number of halogens is 1. The lowest BCUT2D eigenvalue weighted by atomic mass is 10.1. The quantitative estimate of drug-likeness (QED) is 0.823. The maximum atomic E-state index is 12.7. The zero-order chi connectivity index (χ0) is 13.7. The smallest absolute Gasteiger partial charge is 0.126 e. The molecule has 1 aromatic carbocycles. The van der Waals surface area contributed by atoms with Gasteiger partial charge in [-0.3, -0.25) is 0 Å². The van der Waals surface area contributed by atoms with E-state index in [4.69, 9.17) is 18.0 Å². The van der Waals surface area contributed by atoms with Gasteiger partial charge in [0.1, 0.15) is 16.6 Å². The van der Waals surface area contributed by atoms with Gasteiger partial charge < -0.3 is 11.1 Å². The van der Waals surface area contributed by atoms with Crippen LogP contribution in [0.15, 0.2) is 42.6 Å². The number of nitrogens with two attached hydrogens (primary N) is 1. The van der Waals surface area contributed by atoms with Crippen molar-refractivity contribution in [3.8, 4) is 0 Å². The lowest BCUT2D eigenvalue weighted by Crippen LogP contribution is -2.11. The van der Waals surface area contributed by atoms with Crippen molar-refractivity contribution in [3.05, 3.63) is 59.5 Å². The van der Waals surface area contributed by atoms with Crippen molar-refractivity contribution in [2.75, 3.05) is 11.9 Å². The molecule has 0 saturated carbocycles. The zero-order valence-corrected chi connectivity index (χ0v) is 11.1. The fourth-order valence-corrected chi connectivity index (χ4v) is 1.79. The third-order valence-electron chi connectivity index (χ3n) is 2.68. The first kappa shape index (κ1) is 13.4. The van der Waals surface area contributed by atoms with E-state index in [-0.39, 0.29) is 5.82 Å². The minimum Gasteiger partial charge on any atom is -0.389 e. The predicted molar refractivity (Wildman–Crippen MR) is 78.7 cm³/mol. The third kappa shape index (κ3) is 3.99. The Morgan fingerprint density at radius 3 is 2.68 bits per heavy atom. The molecule has 0 fully saturated rings. The van der Waals surface area contributed by atoms with Crippen LogP contribution < -0.4 is 11.1 Å². The van der Waals surface area contributed by atoms with Crippen molar-refractivity contribution in [3.63, 3.8) is 0 Å². The molecule has 0 aliphatic heterocycles. The number of anilines is 1. The zero-order valence-electron chi connectivity index (χ0n) is 10.3. The maximum absolute atomic E-state index is 12.7. The molecule has 3 nitrogen and oxygen atoms in total. The van der Waals surface area contributed by atoms with Crippen LogP contribution >= 0.6 is 12.2 Å². The first-order chi connectivity index (χ1) is 9.15. The van der Waals surface area contributed by atoms with Gasteiger partial charge in [0.05, 0.1) is 0 Å². The first-order valence-corrected chi connectivity index (χ1v) is 6.30. The molecule has 19 heavy (non-hydrogen) atoms. The number of pyridine rings is 1. The summed E-state index contributed by atoms with van der Waals surface area (Å²) in [6, 6.07) is 10.0. The van der Waals surface area contributed by atoms with E-state index in [1.54, 1.807) is 24.4 Å². The molecule has 1 aromatic heterocycles. The van der Waals surface area contributed by atoms with Gasteiger partial charge in [-0.05, 0) is 36.2 Å². The molecule has 2 rings (SSSR count). The topological polar surface area (TPSA) is 50.9 Å². The van der Waals surface area contributed by atoms with Crippen LogP contribution in [0.2, 0.25) is 0 Å². The number of nitrogens with zero attached hydrogens (tertiary/aromatic N) is 1. The summed E-state index contributed by atoms with van der Waals surface area (Å²) < 4.78 is 12.7. The summed E-state index contributed by atoms with van der Waals surface area (Å²) in [5, 5.41) is 3.18. The Bertz CT molecular complexity index is 569. The van der Waals surface area contributed by atoms with Crippen molar-refractivity contribution >= 4 is 23.0 Å². The van der Waals surface area contributed by atoms with E-state index in [9.17, 15) is 4.39 Å². The number of hydrogen-bond donors (Lipinski definition) is 2. The van der Waals surface area contributed by atoms with Crippen molar-refractivity contribution in [1.82, 2.24) is 4.98 Å². The number of rotatable bonds is 5. The summed E-state index contributed by atoms with van der Waals surface area (Å²) >= 11 is 4.91. The van der Waals surface area contributed by atoms with Gasteiger partial charge in [-0.1, -0.05) is 24.4 Å². The molecule has 0 radical (unpaired) electrons. The molecule has 0 amide bonds. The van der Waals surface area contributed by atoms with E-state index in [2.05, 4.69) is 10.3 Å². The van der Waals surface area contributed by atoms with E-state index >= 15 is 0 Å². The average Bonchev–Trinajstić information content (AvgIpc) is 2.41. The molecule has 5 heteroatoms. The van der Waals surface area contributed by atoms with Crippen LogP contribution in [0.1, 0.15) is 11.1 Å². The van der Waals surface area contributed by atoms with Crippen LogP contribution in [0.25, 0.3) is 0 Å². The lowest BCUT2D eigenvalue weighted by molar-refractivity contribution is 0.627. The molecule has 0 unspecified atom stereocenters. The van der Waals surface area contributed by atoms with E-state index in [0.29, 0.717) is 11.5 Å². The fourth-order valence-electron chi connectivity index (χ4n) is 1.67. The number of hydrogen-bond acceptors (Lipinski definition) is 3. The Labute approximate surface area is 116 Å². The Balaban J connectivity index is 1.90. The second-order valence-electron chi connectivity index (χ2n) is 4.10. The van der Waals surface area contributed by atoms with Crippen molar-refractivity contribution < 1.29 is 4.39 Å². The predicted octanol–water partition coefficient (Wildman–Crippen LogP) is 2.51. The minimum atomic E-state index is -0.220. The Kier molecular flexibility index (Phi) is 4.41. The van der Waals surface area contributed by atoms with Gasteiger partial charge in [-0.2, -0.15) is 0 Å². The highest BCUT2D eigenvalue weighted by atomic mass is 32.1. The first-order valence-electron chi connectivity index (χ1n) is 5.89. The average molecular weight is 275 g/mol. The molecular weight excluding hydrogens is 261 g/mol. The second-order valence-corrected chi connectivity index (χ2v) is 4.54. The Morgan fingerprint density at radius 2 is 2.00 bits per heavy atom. The summed E-state index contributed by atoms with van der Waals surface area (Å²) in [5.41, 5.74) is 7.41. The Morgan fingerprint density at radius 1 is 1.26 bits per heavy atom. The van der Waals surface area contributed by atoms with E-state index < -0.39 is 0 Å². The molecule has 0 aliphatic carbocycles. The molecule has 0 atom stereocenters. The highest BCUT2D eigenvalue weighted by molar-refractivity contribution is 7.80. The largest absolute Gasteiger partial charge is 0.389 e. The van der Waals surface area contributed by atoms with Crippen LogP contribution in [0.4, 0.5) is 10.2 Å². The molecule has 2 aromatic rings. The van der Waals surface area contributed by atoms with Crippen LogP contribution in [0, 0.1) is 5.82 Å². The molecule has 98 valence electrons. The summed E-state index contributed by atoms with van der Waals surface area (Å²) in [5.74, 6) is 0.509. The lowest BCUT2D eigenvalue weighted by Gasteiger charge is -2.07. The van der Waals surface area contributed by atoms with Gasteiger partial charge >= 0.3 is 0 Å². The van der Waals surface area contributed by atoms with Crippen LogP contribution in [-0.4, -0.2) is 16.5 Å². The SMILES string of the molecule is NC(=S)c1ccnc(NCCc2ccc(F)cc2)c1. The highest BCUT2D eigenvalue weighted by Gasteiger charge is 1.99. The molecule has 3 N–H and O–H groups in total. The van der Waals surface area contributed by atoms with Gasteiger partial charge in [-0.15, -0.1) is 0 Å². The monoisotopic (exact) mass is 275 g/mol. The van der Waals surface area contributed by atoms with Gasteiger partial charge in [0, 0.05) is 18.3 Å². The van der Waals surface area contributed by atoms with Crippen LogP contribution in [0.3, 0.4) is 0 Å². The van der Waals surface area contributed by atoms with E-state index in [1.807, 2.05) is 6.07 Å². The number of nitrogens with one attached hydrogen (secondary N) is 1. The molecule has 0 aliphatic rings. The summed E-state index contributed by atoms with van der Waals surface area (Å²) in [6.45, 7) is 0.708. The minimum absolute atomic E-state index is 0.220.